The molecule has 0 spiro atoms. The monoisotopic (exact) mass is 296 g/mol. The summed E-state index contributed by atoms with van der Waals surface area (Å²) in [7, 11) is 1.53. The van der Waals surface area contributed by atoms with Gasteiger partial charge in [-0.3, -0.25) is 19.1 Å². The first-order valence-electron chi connectivity index (χ1n) is 6.07. The number of rotatable bonds is 4. The highest BCUT2D eigenvalue weighted by Crippen LogP contribution is 2.24. The van der Waals surface area contributed by atoms with Crippen molar-refractivity contribution in [3.63, 3.8) is 0 Å². The number of aromatic nitrogens is 2. The molecule has 7 heteroatoms. The van der Waals surface area contributed by atoms with Gasteiger partial charge >= 0.3 is 5.69 Å². The second-order valence-corrected chi connectivity index (χ2v) is 6.25. The summed E-state index contributed by atoms with van der Waals surface area (Å²) in [5.41, 5.74) is -0.922. The van der Waals surface area contributed by atoms with E-state index in [1.165, 1.54) is 7.11 Å². The molecule has 0 saturated heterocycles. The molecule has 1 N–H and O–H groups in total. The van der Waals surface area contributed by atoms with Crippen molar-refractivity contribution in [1.82, 2.24) is 9.55 Å². The second kappa shape index (κ2) is 4.99. The number of ether oxygens (including phenoxy) is 1. The molecular formula is C13H16N2O4S. The summed E-state index contributed by atoms with van der Waals surface area (Å²) in [4.78, 5) is 39.0. The predicted octanol–water partition coefficient (Wildman–Crippen LogP) is 1.30. The van der Waals surface area contributed by atoms with Gasteiger partial charge in [0.25, 0.3) is 5.56 Å². The zero-order chi connectivity index (χ0) is 15.1. The van der Waals surface area contributed by atoms with Gasteiger partial charge in [-0.05, 0) is 26.3 Å². The highest BCUT2D eigenvalue weighted by atomic mass is 32.1. The number of aryl methyl sites for hydroxylation is 1. The van der Waals surface area contributed by atoms with Gasteiger partial charge in [-0.25, -0.2) is 4.79 Å². The Morgan fingerprint density at radius 3 is 2.60 bits per heavy atom. The molecule has 0 radical (unpaired) electrons. The van der Waals surface area contributed by atoms with E-state index in [0.29, 0.717) is 26.9 Å². The molecule has 2 heterocycles. The Hall–Kier alpha value is -1.73. The van der Waals surface area contributed by atoms with Crippen molar-refractivity contribution < 1.29 is 9.53 Å². The molecule has 2 rings (SSSR count). The molecule has 2 aromatic rings. The standard InChI is InChI=1S/C13H16N2O4S/c1-7-8(5-16)20-10-9(7)11(17)15(12(18)14-10)6-13(2,3)19-4/h5H,6H2,1-4H3,(H,14,18). The molecule has 0 bridgehead atoms. The highest BCUT2D eigenvalue weighted by molar-refractivity contribution is 7.20. The first-order chi connectivity index (χ1) is 9.30. The molecule has 2 aromatic heterocycles. The van der Waals surface area contributed by atoms with Crippen LogP contribution in [0.2, 0.25) is 0 Å². The first kappa shape index (κ1) is 14.7. The minimum atomic E-state index is -0.637. The van der Waals surface area contributed by atoms with Gasteiger partial charge in [-0.1, -0.05) is 0 Å². The van der Waals surface area contributed by atoms with E-state index < -0.39 is 16.9 Å². The molecule has 6 nitrogen and oxygen atoms in total. The lowest BCUT2D eigenvalue weighted by molar-refractivity contribution is 0.00652. The Kier molecular flexibility index (Phi) is 3.66. The van der Waals surface area contributed by atoms with Crippen LogP contribution in [-0.2, 0) is 11.3 Å². The zero-order valence-corrected chi connectivity index (χ0v) is 12.6. The van der Waals surface area contributed by atoms with Crippen LogP contribution in [0, 0.1) is 6.92 Å². The van der Waals surface area contributed by atoms with E-state index in [4.69, 9.17) is 4.74 Å². The molecule has 0 aliphatic carbocycles. The quantitative estimate of drug-likeness (QED) is 0.862. The van der Waals surface area contributed by atoms with E-state index in [9.17, 15) is 14.4 Å². The normalized spacial score (nSPS) is 12.0. The van der Waals surface area contributed by atoms with Crippen LogP contribution < -0.4 is 11.2 Å². The third-order valence-electron chi connectivity index (χ3n) is 3.31. The van der Waals surface area contributed by atoms with Crippen LogP contribution in [0.1, 0.15) is 29.1 Å². The van der Waals surface area contributed by atoms with Crippen molar-refractivity contribution in [2.75, 3.05) is 7.11 Å². The topological polar surface area (TPSA) is 81.2 Å². The number of carbonyl (C=O) groups excluding carboxylic acids is 1. The van der Waals surface area contributed by atoms with Crippen LogP contribution in [-0.4, -0.2) is 28.5 Å². The van der Waals surface area contributed by atoms with Gasteiger partial charge in [0, 0.05) is 7.11 Å². The van der Waals surface area contributed by atoms with Crippen LogP contribution >= 0.6 is 11.3 Å². The minimum Gasteiger partial charge on any atom is -0.377 e. The Balaban J connectivity index is 2.75. The molecular weight excluding hydrogens is 280 g/mol. The molecule has 0 aliphatic rings. The molecule has 0 fully saturated rings. The van der Waals surface area contributed by atoms with Crippen LogP contribution in [0.5, 0.6) is 0 Å². The van der Waals surface area contributed by atoms with Crippen LogP contribution in [0.3, 0.4) is 0 Å². The lowest BCUT2D eigenvalue weighted by Crippen LogP contribution is -2.42. The number of aromatic amines is 1. The highest BCUT2D eigenvalue weighted by Gasteiger charge is 2.22. The van der Waals surface area contributed by atoms with Gasteiger partial charge in [0.1, 0.15) is 4.83 Å². The number of thiophene rings is 1. The fraction of sp³-hybridized carbons (Fsp3) is 0.462. The average Bonchev–Trinajstić information content (AvgIpc) is 2.71. The number of nitrogens with one attached hydrogen (secondary N) is 1. The summed E-state index contributed by atoms with van der Waals surface area (Å²) in [5.74, 6) is 0. The maximum Gasteiger partial charge on any atom is 0.329 e. The fourth-order valence-corrected chi connectivity index (χ4v) is 2.97. The third-order valence-corrected chi connectivity index (χ3v) is 4.44. The zero-order valence-electron chi connectivity index (χ0n) is 11.8. The number of hydrogen-bond acceptors (Lipinski definition) is 5. The van der Waals surface area contributed by atoms with Crippen molar-refractivity contribution in [1.29, 1.82) is 0 Å². The van der Waals surface area contributed by atoms with Gasteiger partial charge in [0.2, 0.25) is 0 Å². The second-order valence-electron chi connectivity index (χ2n) is 5.20. The smallest absolute Gasteiger partial charge is 0.329 e. The number of methoxy groups -OCH3 is 1. The van der Waals surface area contributed by atoms with Gasteiger partial charge in [0.05, 0.1) is 22.4 Å². The van der Waals surface area contributed by atoms with E-state index in [0.717, 1.165) is 15.9 Å². The lowest BCUT2D eigenvalue weighted by Gasteiger charge is -2.23. The summed E-state index contributed by atoms with van der Waals surface area (Å²) in [6.45, 7) is 5.42. The Morgan fingerprint density at radius 1 is 1.40 bits per heavy atom. The van der Waals surface area contributed by atoms with E-state index in [2.05, 4.69) is 4.98 Å². The van der Waals surface area contributed by atoms with Crippen molar-refractivity contribution in [3.8, 4) is 0 Å². The van der Waals surface area contributed by atoms with Crippen molar-refractivity contribution in [2.24, 2.45) is 0 Å². The number of fused-ring (bicyclic) bond motifs is 1. The van der Waals surface area contributed by atoms with Crippen LogP contribution in [0.4, 0.5) is 0 Å². The third kappa shape index (κ3) is 2.34. The Labute approximate surface area is 119 Å². The molecule has 0 atom stereocenters. The Bertz CT molecular complexity index is 782. The van der Waals surface area contributed by atoms with E-state index in [1.807, 2.05) is 0 Å². The van der Waals surface area contributed by atoms with Crippen LogP contribution in [0.25, 0.3) is 10.2 Å². The predicted molar refractivity (Wildman–Crippen MR) is 77.9 cm³/mol. The molecule has 0 unspecified atom stereocenters. The van der Waals surface area contributed by atoms with Gasteiger partial charge in [0.15, 0.2) is 6.29 Å². The lowest BCUT2D eigenvalue weighted by atomic mass is 10.1. The van der Waals surface area contributed by atoms with Gasteiger partial charge in [-0.2, -0.15) is 0 Å². The summed E-state index contributed by atoms with van der Waals surface area (Å²) in [5, 5.41) is 0.392. The van der Waals surface area contributed by atoms with Gasteiger partial charge < -0.3 is 4.74 Å². The molecule has 0 aromatic carbocycles. The summed E-state index contributed by atoms with van der Waals surface area (Å²) in [6, 6.07) is 0. The summed E-state index contributed by atoms with van der Waals surface area (Å²) in [6.07, 6.45) is 0.696. The fourth-order valence-electron chi connectivity index (χ4n) is 1.97. The summed E-state index contributed by atoms with van der Waals surface area (Å²) < 4.78 is 6.37. The average molecular weight is 296 g/mol. The van der Waals surface area contributed by atoms with Gasteiger partial charge in [-0.15, -0.1) is 11.3 Å². The number of carbonyl (C=O) groups is 1. The molecule has 0 amide bonds. The van der Waals surface area contributed by atoms with Crippen molar-refractivity contribution in [2.45, 2.75) is 32.9 Å². The van der Waals surface area contributed by atoms with E-state index in [1.54, 1.807) is 20.8 Å². The summed E-state index contributed by atoms with van der Waals surface area (Å²) >= 11 is 1.12. The van der Waals surface area contributed by atoms with Crippen molar-refractivity contribution >= 4 is 27.8 Å². The molecule has 0 saturated carbocycles. The van der Waals surface area contributed by atoms with Crippen molar-refractivity contribution in [3.05, 3.63) is 31.3 Å². The maximum atomic E-state index is 12.5. The number of H-pyrrole nitrogens is 1. The first-order valence-corrected chi connectivity index (χ1v) is 6.89. The van der Waals surface area contributed by atoms with Crippen LogP contribution in [0.15, 0.2) is 9.59 Å². The number of aldehydes is 1. The SMILES string of the molecule is COC(C)(C)Cn1c(=O)[nH]c2sc(C=O)c(C)c2c1=O. The minimum absolute atomic E-state index is 0.138. The number of nitrogens with zero attached hydrogens (tertiary/aromatic N) is 1. The largest absolute Gasteiger partial charge is 0.377 e. The molecule has 20 heavy (non-hydrogen) atoms. The molecule has 108 valence electrons. The number of hydrogen-bond donors (Lipinski definition) is 1. The molecule has 0 aliphatic heterocycles. The Morgan fingerprint density at radius 2 is 2.05 bits per heavy atom. The van der Waals surface area contributed by atoms with E-state index in [-0.39, 0.29) is 6.54 Å². The van der Waals surface area contributed by atoms with E-state index >= 15 is 0 Å². The maximum absolute atomic E-state index is 12.5.